The van der Waals surface area contributed by atoms with Gasteiger partial charge in [-0.25, -0.2) is 4.98 Å². The Morgan fingerprint density at radius 3 is 2.72 bits per heavy atom. The molecule has 1 aromatic heterocycles. The highest BCUT2D eigenvalue weighted by Crippen LogP contribution is 2.12. The van der Waals surface area contributed by atoms with Crippen LogP contribution in [0.1, 0.15) is 17.7 Å². The third-order valence-corrected chi connectivity index (χ3v) is 3.79. The minimum absolute atomic E-state index is 0.0147. The number of halogens is 1. The molecule has 0 unspecified atom stereocenters. The van der Waals surface area contributed by atoms with Gasteiger partial charge in [0, 0.05) is 50.4 Å². The van der Waals surface area contributed by atoms with Crippen LogP contribution in [0.4, 0.5) is 11.8 Å². The molecule has 0 spiro atoms. The van der Waals surface area contributed by atoms with E-state index in [4.69, 9.17) is 11.6 Å². The van der Waals surface area contributed by atoms with E-state index in [1.807, 2.05) is 56.3 Å². The van der Waals surface area contributed by atoms with Crippen LogP contribution in [0, 0.1) is 6.92 Å². The lowest BCUT2D eigenvalue weighted by Crippen LogP contribution is -2.29. The summed E-state index contributed by atoms with van der Waals surface area (Å²) in [5.74, 6) is 1.43. The van der Waals surface area contributed by atoms with Crippen LogP contribution in [0.25, 0.3) is 0 Å². The number of nitrogens with zero attached hydrogens (tertiary/aromatic N) is 3. The number of rotatable bonds is 8. The second-order valence-corrected chi connectivity index (χ2v) is 6.43. The molecule has 0 saturated heterocycles. The maximum atomic E-state index is 11.9. The molecule has 1 amide bonds. The molecule has 0 aliphatic rings. The van der Waals surface area contributed by atoms with Crippen molar-refractivity contribution in [2.24, 2.45) is 0 Å². The van der Waals surface area contributed by atoms with Crippen LogP contribution in [0.3, 0.4) is 0 Å². The smallest absolute Gasteiger partial charge is 0.224 e. The van der Waals surface area contributed by atoms with Crippen LogP contribution in [0.2, 0.25) is 5.02 Å². The number of carbonyl (C=O) groups excluding carboxylic acids is 1. The maximum Gasteiger partial charge on any atom is 0.224 e. The summed E-state index contributed by atoms with van der Waals surface area (Å²) in [6.45, 7) is 3.01. The Labute approximate surface area is 153 Å². The SMILES string of the molecule is Cc1cc(N(C)C)nc(NCCNC(=O)CCc2cccc(Cl)c2)n1. The minimum Gasteiger partial charge on any atom is -0.363 e. The monoisotopic (exact) mass is 361 g/mol. The van der Waals surface area contributed by atoms with Gasteiger partial charge in [0.2, 0.25) is 11.9 Å². The van der Waals surface area contributed by atoms with Crippen molar-refractivity contribution in [1.29, 1.82) is 0 Å². The largest absolute Gasteiger partial charge is 0.363 e. The van der Waals surface area contributed by atoms with Gasteiger partial charge in [-0.1, -0.05) is 23.7 Å². The van der Waals surface area contributed by atoms with Crippen molar-refractivity contribution in [2.75, 3.05) is 37.4 Å². The number of anilines is 2. The van der Waals surface area contributed by atoms with E-state index in [1.165, 1.54) is 0 Å². The van der Waals surface area contributed by atoms with Crippen LogP contribution in [0.15, 0.2) is 30.3 Å². The summed E-state index contributed by atoms with van der Waals surface area (Å²) in [5, 5.41) is 6.72. The van der Waals surface area contributed by atoms with Gasteiger partial charge in [0.15, 0.2) is 0 Å². The molecular weight excluding hydrogens is 338 g/mol. The van der Waals surface area contributed by atoms with E-state index < -0.39 is 0 Å². The van der Waals surface area contributed by atoms with E-state index in [-0.39, 0.29) is 5.91 Å². The predicted molar refractivity (Wildman–Crippen MR) is 102 cm³/mol. The summed E-state index contributed by atoms with van der Waals surface area (Å²) >= 11 is 5.94. The first-order valence-electron chi connectivity index (χ1n) is 8.22. The molecule has 0 aliphatic carbocycles. The fraction of sp³-hybridized carbons (Fsp3) is 0.389. The van der Waals surface area contributed by atoms with Gasteiger partial charge in [-0.05, 0) is 31.0 Å². The molecule has 1 heterocycles. The van der Waals surface area contributed by atoms with Crippen molar-refractivity contribution in [3.63, 3.8) is 0 Å². The molecule has 0 aliphatic heterocycles. The van der Waals surface area contributed by atoms with E-state index in [9.17, 15) is 4.79 Å². The van der Waals surface area contributed by atoms with E-state index in [0.717, 1.165) is 17.1 Å². The average Bonchev–Trinajstić information content (AvgIpc) is 2.56. The zero-order chi connectivity index (χ0) is 18.2. The molecular formula is C18H24ClN5O. The number of hydrogen-bond donors (Lipinski definition) is 2. The Morgan fingerprint density at radius 2 is 2.00 bits per heavy atom. The Balaban J connectivity index is 1.71. The molecule has 2 rings (SSSR count). The van der Waals surface area contributed by atoms with Crippen molar-refractivity contribution >= 4 is 29.3 Å². The molecule has 2 N–H and O–H groups in total. The summed E-state index contributed by atoms with van der Waals surface area (Å²) < 4.78 is 0. The molecule has 0 bridgehead atoms. The Hall–Kier alpha value is -2.34. The molecule has 0 fully saturated rings. The van der Waals surface area contributed by atoms with E-state index in [0.29, 0.717) is 36.9 Å². The van der Waals surface area contributed by atoms with Crippen LogP contribution in [-0.4, -0.2) is 43.1 Å². The lowest BCUT2D eigenvalue weighted by Gasteiger charge is -2.14. The Morgan fingerprint density at radius 1 is 1.20 bits per heavy atom. The minimum atomic E-state index is 0.0147. The zero-order valence-electron chi connectivity index (χ0n) is 14.8. The summed E-state index contributed by atoms with van der Waals surface area (Å²) in [6.07, 6.45) is 1.11. The van der Waals surface area contributed by atoms with Gasteiger partial charge in [-0.3, -0.25) is 4.79 Å². The van der Waals surface area contributed by atoms with Crippen molar-refractivity contribution in [2.45, 2.75) is 19.8 Å². The van der Waals surface area contributed by atoms with Gasteiger partial charge in [0.1, 0.15) is 5.82 Å². The Bertz CT molecular complexity index is 720. The summed E-state index contributed by atoms with van der Waals surface area (Å²) in [4.78, 5) is 22.6. The van der Waals surface area contributed by atoms with Gasteiger partial charge < -0.3 is 15.5 Å². The van der Waals surface area contributed by atoms with Crippen LogP contribution in [0.5, 0.6) is 0 Å². The van der Waals surface area contributed by atoms with Gasteiger partial charge in [0.25, 0.3) is 0 Å². The molecule has 2 aromatic rings. The van der Waals surface area contributed by atoms with Crippen molar-refractivity contribution in [1.82, 2.24) is 15.3 Å². The second-order valence-electron chi connectivity index (χ2n) is 5.99. The molecule has 6 nitrogen and oxygen atoms in total. The molecule has 134 valence electrons. The van der Waals surface area contributed by atoms with E-state index in [1.54, 1.807) is 0 Å². The second kappa shape index (κ2) is 9.22. The third kappa shape index (κ3) is 6.58. The zero-order valence-corrected chi connectivity index (χ0v) is 15.6. The fourth-order valence-electron chi connectivity index (χ4n) is 2.28. The van der Waals surface area contributed by atoms with Crippen molar-refractivity contribution in [3.05, 3.63) is 46.6 Å². The van der Waals surface area contributed by atoms with E-state index >= 15 is 0 Å². The molecule has 0 radical (unpaired) electrons. The predicted octanol–water partition coefficient (Wildman–Crippen LogP) is 2.67. The summed E-state index contributed by atoms with van der Waals surface area (Å²) in [5.41, 5.74) is 1.96. The molecule has 0 saturated carbocycles. The maximum absolute atomic E-state index is 11.9. The quantitative estimate of drug-likeness (QED) is 0.707. The first-order chi connectivity index (χ1) is 11.9. The number of nitrogens with one attached hydrogen (secondary N) is 2. The molecule has 7 heteroatoms. The van der Waals surface area contributed by atoms with Gasteiger partial charge >= 0.3 is 0 Å². The highest BCUT2D eigenvalue weighted by atomic mass is 35.5. The first-order valence-corrected chi connectivity index (χ1v) is 8.60. The number of hydrogen-bond acceptors (Lipinski definition) is 5. The van der Waals surface area contributed by atoms with E-state index in [2.05, 4.69) is 20.6 Å². The van der Waals surface area contributed by atoms with Crippen molar-refractivity contribution < 1.29 is 4.79 Å². The van der Waals surface area contributed by atoms with Crippen LogP contribution in [-0.2, 0) is 11.2 Å². The molecule has 1 aromatic carbocycles. The highest BCUT2D eigenvalue weighted by molar-refractivity contribution is 6.30. The lowest BCUT2D eigenvalue weighted by molar-refractivity contribution is -0.120. The Kier molecular flexibility index (Phi) is 7.01. The first kappa shape index (κ1) is 19.0. The van der Waals surface area contributed by atoms with Gasteiger partial charge in [-0.2, -0.15) is 4.98 Å². The average molecular weight is 362 g/mol. The van der Waals surface area contributed by atoms with Crippen LogP contribution >= 0.6 is 11.6 Å². The number of carbonyl (C=O) groups is 1. The standard InChI is InChI=1S/C18H24ClN5O/c1-13-11-16(24(2)3)23-18(22-13)21-10-9-20-17(25)8-7-14-5-4-6-15(19)12-14/h4-6,11-12H,7-10H2,1-3H3,(H,20,25)(H,21,22,23). The summed E-state index contributed by atoms with van der Waals surface area (Å²) in [6, 6.07) is 9.49. The molecule has 25 heavy (non-hydrogen) atoms. The number of benzene rings is 1. The number of aryl methyl sites for hydroxylation is 2. The summed E-state index contributed by atoms with van der Waals surface area (Å²) in [7, 11) is 3.87. The van der Waals surface area contributed by atoms with Crippen LogP contribution < -0.4 is 15.5 Å². The number of amides is 1. The highest BCUT2D eigenvalue weighted by Gasteiger charge is 2.05. The van der Waals surface area contributed by atoms with Crippen molar-refractivity contribution in [3.8, 4) is 0 Å². The van der Waals surface area contributed by atoms with Gasteiger partial charge in [-0.15, -0.1) is 0 Å². The third-order valence-electron chi connectivity index (χ3n) is 3.56. The normalized spacial score (nSPS) is 10.4. The van der Waals surface area contributed by atoms with Gasteiger partial charge in [0.05, 0.1) is 0 Å². The lowest BCUT2D eigenvalue weighted by atomic mass is 10.1. The fourth-order valence-corrected chi connectivity index (χ4v) is 2.49. The number of aromatic nitrogens is 2. The molecule has 0 atom stereocenters. The topological polar surface area (TPSA) is 70.2 Å².